The van der Waals surface area contributed by atoms with Crippen LogP contribution in [0.3, 0.4) is 0 Å². The van der Waals surface area contributed by atoms with E-state index < -0.39 is 0 Å². The van der Waals surface area contributed by atoms with Gasteiger partial charge in [-0.1, -0.05) is 176 Å². The van der Waals surface area contributed by atoms with Crippen LogP contribution in [-0.4, -0.2) is 0 Å². The molecule has 0 spiro atoms. The van der Waals surface area contributed by atoms with E-state index in [1.54, 1.807) is 0 Å². The van der Waals surface area contributed by atoms with Crippen molar-refractivity contribution in [1.82, 2.24) is 0 Å². The molecule has 0 saturated carbocycles. The molecule has 0 aliphatic carbocycles. The van der Waals surface area contributed by atoms with E-state index in [1.807, 2.05) is 18.2 Å². The van der Waals surface area contributed by atoms with Crippen LogP contribution < -0.4 is 19.6 Å². The van der Waals surface area contributed by atoms with Gasteiger partial charge in [0.1, 0.15) is 0 Å². The summed E-state index contributed by atoms with van der Waals surface area (Å²) in [4.78, 5) is 9.28. The van der Waals surface area contributed by atoms with Gasteiger partial charge in [0.25, 0.3) is 0 Å². The van der Waals surface area contributed by atoms with E-state index in [9.17, 15) is 0 Å². The fraction of sp³-hybridized carbons (Fsp3) is 0.0704. The number of benzene rings is 11. The average Bonchev–Trinajstić information content (AvgIpc) is 3.49. The molecular weight excluding hydrogens is 972 g/mol. The summed E-state index contributed by atoms with van der Waals surface area (Å²) in [5.41, 5.74) is 21.8. The first-order valence-corrected chi connectivity index (χ1v) is 28.1. The summed E-state index contributed by atoms with van der Waals surface area (Å²) in [6, 6.07) is 102. The lowest BCUT2D eigenvalue weighted by molar-refractivity contribution is 1.25. The quantitative estimate of drug-likeness (QED) is 0.0912. The number of hydrogen-bond acceptors (Lipinski definition) is 5. The van der Waals surface area contributed by atoms with Gasteiger partial charge in [-0.15, -0.1) is 0 Å². The lowest BCUT2D eigenvalue weighted by atomic mass is 10.0. The third-order valence-electron chi connectivity index (χ3n) is 13.5. The van der Waals surface area contributed by atoms with Gasteiger partial charge in [-0.05, 0) is 191 Å². The van der Waals surface area contributed by atoms with Gasteiger partial charge in [0, 0.05) is 68.2 Å². The van der Waals surface area contributed by atoms with Gasteiger partial charge in [-0.3, -0.25) is 0 Å². The van der Waals surface area contributed by atoms with E-state index in [0.717, 1.165) is 79.4 Å². The Bertz CT molecular complexity index is 3210. The maximum Gasteiger partial charge on any atom is 0.0463 e. The molecule has 11 aromatic rings. The zero-order valence-electron chi connectivity index (χ0n) is 44.4. The van der Waals surface area contributed by atoms with E-state index in [-0.39, 0.29) is 0 Å². The Balaban J connectivity index is 0.000000737. The monoisotopic (exact) mass is 1040 g/mol. The smallest absolute Gasteiger partial charge is 0.0463 e. The number of aryl methyl sites for hydroxylation is 5. The van der Waals surface area contributed by atoms with Crippen molar-refractivity contribution < 1.29 is 0 Å². The van der Waals surface area contributed by atoms with E-state index in [2.05, 4.69) is 342 Å². The molecule has 0 radical (unpaired) electrons. The van der Waals surface area contributed by atoms with Crippen molar-refractivity contribution in [3.63, 3.8) is 0 Å². The van der Waals surface area contributed by atoms with Gasteiger partial charge >= 0.3 is 0 Å². The summed E-state index contributed by atoms with van der Waals surface area (Å²) in [5, 5.41) is 0. The number of nitrogens with zero attached hydrogens (tertiary/aromatic N) is 4. The second-order valence-corrected chi connectivity index (χ2v) is 19.1. The third kappa shape index (κ3) is 13.3. The van der Waals surface area contributed by atoms with Crippen LogP contribution in [-0.2, 0) is 0 Å². The number of thiol groups is 1. The van der Waals surface area contributed by atoms with E-state index in [4.69, 9.17) is 0 Å². The van der Waals surface area contributed by atoms with Crippen molar-refractivity contribution in [2.45, 2.75) is 34.6 Å². The SMILES string of the molecule is Cc1ccc(N(c2ccc(C)cc2)c2ccc(N(c3ccccc3)c3ccc(-c4ccc(N(c5ccccc5)c5ccc(N(c6ccc(C)cc6)c6ccc(C)cc6)cc5)cc4)cc3)cc2)cc1.Cc1ccccc1.PS. The molecular formula is C71H65N4PS. The van der Waals surface area contributed by atoms with Gasteiger partial charge < -0.3 is 19.6 Å². The molecule has 11 rings (SSSR count). The molecule has 0 amide bonds. The average molecular weight is 1040 g/mol. The minimum absolute atomic E-state index is 1.08. The molecule has 0 aliphatic rings. The van der Waals surface area contributed by atoms with Crippen LogP contribution in [0.5, 0.6) is 0 Å². The number of para-hydroxylation sites is 2. The van der Waals surface area contributed by atoms with Crippen molar-refractivity contribution >= 4 is 88.9 Å². The molecule has 4 nitrogen and oxygen atoms in total. The third-order valence-corrected chi connectivity index (χ3v) is 13.5. The maximum atomic E-state index is 3.44. The Labute approximate surface area is 464 Å². The summed E-state index contributed by atoms with van der Waals surface area (Å²) >= 11 is 3.44. The lowest BCUT2D eigenvalue weighted by Crippen LogP contribution is -2.12. The predicted octanol–water partition coefficient (Wildman–Crippen LogP) is 21.2. The Kier molecular flexibility index (Phi) is 17.8. The number of rotatable bonds is 13. The molecule has 1 atom stereocenters. The highest BCUT2D eigenvalue weighted by Crippen LogP contribution is 2.42. The molecule has 0 N–H and O–H groups in total. The zero-order valence-corrected chi connectivity index (χ0v) is 46.5. The first-order chi connectivity index (χ1) is 37.7. The standard InChI is InChI=1S/C64H54N4.C7H8.H3PS/c1-47-15-27-55(28-16-47)67(56-29-17-48(2)18-30-56)63-43-39-61(40-44-63)65(53-11-7-5-8-12-53)59-35-23-51(24-36-59)52-25-37-60(38-26-52)66(54-13-9-6-10-14-54)62-41-45-64(46-42-62)68(57-31-19-49(3)20-32-57)58-33-21-50(4)22-34-58;1-7-5-3-2-4-6-7;1-2/h5-46H,1-4H3;2-6H,1H3;2H,1H2. The fourth-order valence-corrected chi connectivity index (χ4v) is 9.36. The first kappa shape index (κ1) is 53.2. The second-order valence-electron chi connectivity index (χ2n) is 19.1. The van der Waals surface area contributed by atoms with Gasteiger partial charge in [0.05, 0.1) is 0 Å². The van der Waals surface area contributed by atoms with Crippen LogP contribution in [0.1, 0.15) is 27.8 Å². The highest BCUT2D eigenvalue weighted by atomic mass is 32.7. The van der Waals surface area contributed by atoms with Crippen LogP contribution in [0.2, 0.25) is 0 Å². The normalized spacial score (nSPS) is 10.5. The van der Waals surface area contributed by atoms with Crippen LogP contribution in [0.4, 0.5) is 68.2 Å². The Morgan fingerprint density at radius 3 is 0.506 bits per heavy atom. The molecule has 0 heterocycles. The Hall–Kier alpha value is -8.60. The first-order valence-electron chi connectivity index (χ1n) is 26.0. The highest BCUT2D eigenvalue weighted by Gasteiger charge is 2.19. The van der Waals surface area contributed by atoms with Gasteiger partial charge in [0.2, 0.25) is 0 Å². The Morgan fingerprint density at radius 1 is 0.182 bits per heavy atom. The fourth-order valence-electron chi connectivity index (χ4n) is 9.36. The van der Waals surface area contributed by atoms with E-state index in [1.165, 1.54) is 27.8 Å². The summed E-state index contributed by atoms with van der Waals surface area (Å²) in [7, 11) is 2.11. The van der Waals surface area contributed by atoms with E-state index in [0.29, 0.717) is 0 Å². The maximum absolute atomic E-state index is 3.44. The van der Waals surface area contributed by atoms with Crippen molar-refractivity contribution in [2.24, 2.45) is 0 Å². The molecule has 0 aliphatic heterocycles. The molecule has 0 saturated heterocycles. The minimum atomic E-state index is 1.08. The van der Waals surface area contributed by atoms with Crippen molar-refractivity contribution in [3.05, 3.63) is 313 Å². The molecule has 380 valence electrons. The summed E-state index contributed by atoms with van der Waals surface area (Å²) in [6.45, 7) is 10.6. The van der Waals surface area contributed by atoms with Gasteiger partial charge in [-0.2, -0.15) is 12.2 Å². The molecule has 0 aromatic heterocycles. The van der Waals surface area contributed by atoms with Gasteiger partial charge in [-0.25, -0.2) is 0 Å². The predicted molar refractivity (Wildman–Crippen MR) is 339 cm³/mol. The molecule has 0 fully saturated rings. The van der Waals surface area contributed by atoms with Crippen molar-refractivity contribution in [3.8, 4) is 11.1 Å². The van der Waals surface area contributed by atoms with Crippen LogP contribution >= 0.6 is 20.7 Å². The van der Waals surface area contributed by atoms with Crippen LogP contribution in [0.25, 0.3) is 11.1 Å². The summed E-state index contributed by atoms with van der Waals surface area (Å²) < 4.78 is 0. The molecule has 77 heavy (non-hydrogen) atoms. The largest absolute Gasteiger partial charge is 0.311 e. The lowest BCUT2D eigenvalue weighted by Gasteiger charge is -2.29. The van der Waals surface area contributed by atoms with Crippen LogP contribution in [0, 0.1) is 34.6 Å². The number of anilines is 12. The van der Waals surface area contributed by atoms with E-state index >= 15 is 0 Å². The molecule has 1 unspecified atom stereocenters. The highest BCUT2D eigenvalue weighted by molar-refractivity contribution is 8.31. The minimum Gasteiger partial charge on any atom is -0.311 e. The van der Waals surface area contributed by atoms with Crippen molar-refractivity contribution in [2.75, 3.05) is 19.6 Å². The topological polar surface area (TPSA) is 13.0 Å². The molecule has 0 bridgehead atoms. The summed E-state index contributed by atoms with van der Waals surface area (Å²) in [5.74, 6) is 0. The van der Waals surface area contributed by atoms with Crippen LogP contribution in [0.15, 0.2) is 285 Å². The van der Waals surface area contributed by atoms with Crippen molar-refractivity contribution in [1.29, 1.82) is 0 Å². The summed E-state index contributed by atoms with van der Waals surface area (Å²) in [6.07, 6.45) is 0. The second kappa shape index (κ2) is 25.8. The van der Waals surface area contributed by atoms with Gasteiger partial charge in [0.15, 0.2) is 0 Å². The molecule has 6 heteroatoms. The zero-order chi connectivity index (χ0) is 53.5. The molecule has 11 aromatic carbocycles. The number of hydrogen-bond donors (Lipinski definition) is 1. The Morgan fingerprint density at radius 2 is 0.325 bits per heavy atom.